The van der Waals surface area contributed by atoms with E-state index in [1.807, 2.05) is 18.5 Å². The van der Waals surface area contributed by atoms with Crippen LogP contribution in [0.1, 0.15) is 45.1 Å². The third kappa shape index (κ3) is 5.26. The molecule has 90 valence electrons. The minimum absolute atomic E-state index is 0.615. The Kier molecular flexibility index (Phi) is 6.82. The maximum absolute atomic E-state index is 4.17. The van der Waals surface area contributed by atoms with E-state index in [1.54, 1.807) is 0 Å². The minimum atomic E-state index is 0.615. The molecule has 1 unspecified atom stereocenters. The van der Waals surface area contributed by atoms with Crippen LogP contribution in [0.25, 0.3) is 0 Å². The second-order valence-electron chi connectivity index (χ2n) is 4.36. The zero-order valence-corrected chi connectivity index (χ0v) is 10.6. The van der Waals surface area contributed by atoms with Crippen molar-refractivity contribution in [2.45, 2.75) is 52.0 Å². The van der Waals surface area contributed by atoms with E-state index in [1.165, 1.54) is 31.2 Å². The van der Waals surface area contributed by atoms with E-state index in [9.17, 15) is 0 Å². The average molecular weight is 220 g/mol. The van der Waals surface area contributed by atoms with Gasteiger partial charge in [0.25, 0.3) is 0 Å². The molecule has 0 aliphatic rings. The molecule has 0 saturated heterocycles. The van der Waals surface area contributed by atoms with Crippen molar-refractivity contribution < 1.29 is 0 Å². The number of hydrogen-bond donors (Lipinski definition) is 1. The number of nitrogens with zero attached hydrogens (tertiary/aromatic N) is 1. The second kappa shape index (κ2) is 8.28. The lowest BCUT2D eigenvalue weighted by atomic mass is 10.0. The molecule has 2 heteroatoms. The van der Waals surface area contributed by atoms with Crippen LogP contribution >= 0.6 is 0 Å². The molecule has 0 bridgehead atoms. The molecule has 1 aromatic heterocycles. The van der Waals surface area contributed by atoms with Gasteiger partial charge >= 0.3 is 0 Å². The quantitative estimate of drug-likeness (QED) is 0.728. The minimum Gasteiger partial charge on any atom is -0.314 e. The molecule has 0 aromatic carbocycles. The van der Waals surface area contributed by atoms with Gasteiger partial charge in [0.2, 0.25) is 0 Å². The van der Waals surface area contributed by atoms with Crippen molar-refractivity contribution in [3.8, 4) is 0 Å². The highest BCUT2D eigenvalue weighted by Crippen LogP contribution is 2.08. The van der Waals surface area contributed by atoms with Crippen LogP contribution in [0.4, 0.5) is 0 Å². The van der Waals surface area contributed by atoms with Crippen LogP contribution in [0.15, 0.2) is 24.5 Å². The van der Waals surface area contributed by atoms with E-state index in [2.05, 4.69) is 30.2 Å². The summed E-state index contributed by atoms with van der Waals surface area (Å²) in [6.07, 6.45) is 9.98. The van der Waals surface area contributed by atoms with Gasteiger partial charge in [0.1, 0.15) is 0 Å². The lowest BCUT2D eigenvalue weighted by Crippen LogP contribution is -2.31. The fraction of sp³-hybridized carbons (Fsp3) is 0.643. The Balaban J connectivity index is 2.42. The first-order valence-corrected chi connectivity index (χ1v) is 6.49. The summed E-state index contributed by atoms with van der Waals surface area (Å²) in [5.74, 6) is 0. The van der Waals surface area contributed by atoms with Gasteiger partial charge in [-0.25, -0.2) is 0 Å². The number of aromatic nitrogens is 1. The van der Waals surface area contributed by atoms with E-state index < -0.39 is 0 Å². The normalized spacial score (nSPS) is 12.6. The van der Waals surface area contributed by atoms with Crippen LogP contribution in [-0.2, 0) is 6.42 Å². The van der Waals surface area contributed by atoms with E-state index in [-0.39, 0.29) is 0 Å². The highest BCUT2D eigenvalue weighted by atomic mass is 14.9. The van der Waals surface area contributed by atoms with Crippen LogP contribution < -0.4 is 5.32 Å². The summed E-state index contributed by atoms with van der Waals surface area (Å²) < 4.78 is 0. The largest absolute Gasteiger partial charge is 0.314 e. The fourth-order valence-corrected chi connectivity index (χ4v) is 1.88. The van der Waals surface area contributed by atoms with Gasteiger partial charge in [-0.3, -0.25) is 4.98 Å². The van der Waals surface area contributed by atoms with Crippen molar-refractivity contribution in [2.24, 2.45) is 0 Å². The van der Waals surface area contributed by atoms with E-state index in [0.29, 0.717) is 6.04 Å². The maximum atomic E-state index is 4.17. The molecule has 0 spiro atoms. The van der Waals surface area contributed by atoms with Crippen molar-refractivity contribution in [3.63, 3.8) is 0 Å². The molecule has 0 amide bonds. The van der Waals surface area contributed by atoms with Crippen LogP contribution in [0.2, 0.25) is 0 Å². The van der Waals surface area contributed by atoms with Crippen molar-refractivity contribution in [3.05, 3.63) is 30.1 Å². The highest BCUT2D eigenvalue weighted by Gasteiger charge is 2.07. The smallest absolute Gasteiger partial charge is 0.0300 e. The predicted octanol–water partition coefficient (Wildman–Crippen LogP) is 3.18. The molecule has 16 heavy (non-hydrogen) atoms. The van der Waals surface area contributed by atoms with Crippen molar-refractivity contribution in [1.82, 2.24) is 10.3 Å². The molecule has 0 aliphatic carbocycles. The fourth-order valence-electron chi connectivity index (χ4n) is 1.88. The standard InChI is InChI=1S/C14H24N2/c1-3-5-8-14(16-9-4-2)11-13-7-6-10-15-12-13/h6-7,10,12,14,16H,3-5,8-9,11H2,1-2H3. The molecule has 1 N–H and O–H groups in total. The van der Waals surface area contributed by atoms with Gasteiger partial charge in [0.05, 0.1) is 0 Å². The topological polar surface area (TPSA) is 24.9 Å². The molecular formula is C14H24N2. The van der Waals surface area contributed by atoms with Crippen molar-refractivity contribution in [1.29, 1.82) is 0 Å². The Morgan fingerprint density at radius 1 is 1.31 bits per heavy atom. The predicted molar refractivity (Wildman–Crippen MR) is 69.5 cm³/mol. The lowest BCUT2D eigenvalue weighted by Gasteiger charge is -2.18. The lowest BCUT2D eigenvalue weighted by molar-refractivity contribution is 0.461. The zero-order valence-electron chi connectivity index (χ0n) is 10.6. The van der Waals surface area contributed by atoms with Gasteiger partial charge in [-0.2, -0.15) is 0 Å². The second-order valence-corrected chi connectivity index (χ2v) is 4.36. The summed E-state index contributed by atoms with van der Waals surface area (Å²) in [7, 11) is 0. The molecule has 0 radical (unpaired) electrons. The van der Waals surface area contributed by atoms with Gasteiger partial charge in [-0.05, 0) is 37.4 Å². The first-order valence-electron chi connectivity index (χ1n) is 6.49. The molecule has 1 atom stereocenters. The SMILES string of the molecule is CCCCC(Cc1cccnc1)NCCC. The summed E-state index contributed by atoms with van der Waals surface area (Å²) >= 11 is 0. The zero-order chi connectivity index (χ0) is 11.6. The van der Waals surface area contributed by atoms with Crippen molar-refractivity contribution >= 4 is 0 Å². The Hall–Kier alpha value is -0.890. The van der Waals surface area contributed by atoms with Crippen LogP contribution in [-0.4, -0.2) is 17.6 Å². The van der Waals surface area contributed by atoms with Crippen LogP contribution in [0.3, 0.4) is 0 Å². The Bertz CT molecular complexity index is 251. The molecule has 0 fully saturated rings. The van der Waals surface area contributed by atoms with E-state index in [4.69, 9.17) is 0 Å². The number of hydrogen-bond acceptors (Lipinski definition) is 2. The van der Waals surface area contributed by atoms with Gasteiger partial charge < -0.3 is 5.32 Å². The summed E-state index contributed by atoms with van der Waals surface area (Å²) in [6.45, 7) is 5.59. The first-order chi connectivity index (χ1) is 7.86. The van der Waals surface area contributed by atoms with E-state index in [0.717, 1.165) is 13.0 Å². The molecular weight excluding hydrogens is 196 g/mol. The van der Waals surface area contributed by atoms with Gasteiger partial charge in [0.15, 0.2) is 0 Å². The molecule has 0 saturated carbocycles. The average Bonchev–Trinajstić information content (AvgIpc) is 2.34. The Labute approximate surface area is 99.5 Å². The van der Waals surface area contributed by atoms with Crippen LogP contribution in [0, 0.1) is 0 Å². The Morgan fingerprint density at radius 3 is 2.81 bits per heavy atom. The van der Waals surface area contributed by atoms with Gasteiger partial charge in [-0.15, -0.1) is 0 Å². The number of nitrogens with one attached hydrogen (secondary N) is 1. The number of unbranched alkanes of at least 4 members (excludes halogenated alkanes) is 1. The summed E-state index contributed by atoms with van der Waals surface area (Å²) in [5.41, 5.74) is 1.34. The van der Waals surface area contributed by atoms with Gasteiger partial charge in [0, 0.05) is 18.4 Å². The maximum Gasteiger partial charge on any atom is 0.0300 e. The molecule has 0 aliphatic heterocycles. The first kappa shape index (κ1) is 13.2. The van der Waals surface area contributed by atoms with Crippen molar-refractivity contribution in [2.75, 3.05) is 6.54 Å². The molecule has 1 aromatic rings. The molecule has 1 rings (SSSR count). The highest BCUT2D eigenvalue weighted by molar-refractivity contribution is 5.10. The summed E-state index contributed by atoms with van der Waals surface area (Å²) in [4.78, 5) is 4.17. The number of rotatable bonds is 8. The van der Waals surface area contributed by atoms with Gasteiger partial charge in [-0.1, -0.05) is 32.8 Å². The Morgan fingerprint density at radius 2 is 2.19 bits per heavy atom. The number of pyridine rings is 1. The molecule has 1 heterocycles. The third-order valence-electron chi connectivity index (χ3n) is 2.79. The summed E-state index contributed by atoms with van der Waals surface area (Å²) in [5, 5.41) is 3.62. The van der Waals surface area contributed by atoms with E-state index >= 15 is 0 Å². The van der Waals surface area contributed by atoms with Crippen LogP contribution in [0.5, 0.6) is 0 Å². The molecule has 2 nitrogen and oxygen atoms in total. The summed E-state index contributed by atoms with van der Waals surface area (Å²) in [6, 6.07) is 4.80. The third-order valence-corrected chi connectivity index (χ3v) is 2.79. The monoisotopic (exact) mass is 220 g/mol.